The van der Waals surface area contributed by atoms with Crippen molar-refractivity contribution in [3.05, 3.63) is 29.8 Å². The summed E-state index contributed by atoms with van der Waals surface area (Å²) >= 11 is 0. The zero-order valence-corrected chi connectivity index (χ0v) is 6.73. The summed E-state index contributed by atoms with van der Waals surface area (Å²) in [5.41, 5.74) is -0.475. The van der Waals surface area contributed by atoms with Gasteiger partial charge in [0.25, 0.3) is 5.91 Å². The second-order valence-corrected chi connectivity index (χ2v) is 2.41. The molecular formula is C8H5F4NO. The highest BCUT2D eigenvalue weighted by molar-refractivity contribution is 5.93. The number of halogens is 4. The summed E-state index contributed by atoms with van der Waals surface area (Å²) in [6.45, 7) is 0. The number of hydrogen-bond donors (Lipinski definition) is 1. The van der Waals surface area contributed by atoms with E-state index in [2.05, 4.69) is 0 Å². The van der Waals surface area contributed by atoms with Gasteiger partial charge in [-0.1, -0.05) is 0 Å². The second-order valence-electron chi connectivity index (χ2n) is 2.41. The van der Waals surface area contributed by atoms with Gasteiger partial charge >= 0.3 is 6.43 Å². The van der Waals surface area contributed by atoms with Crippen molar-refractivity contribution >= 4 is 11.6 Å². The van der Waals surface area contributed by atoms with Crippen molar-refractivity contribution in [2.45, 2.75) is 6.43 Å². The zero-order valence-electron chi connectivity index (χ0n) is 6.73. The quantitative estimate of drug-likeness (QED) is 0.740. The summed E-state index contributed by atoms with van der Waals surface area (Å²) in [6, 6.07) is 2.20. The minimum atomic E-state index is -3.24. The van der Waals surface area contributed by atoms with E-state index in [1.54, 1.807) is 5.32 Å². The van der Waals surface area contributed by atoms with Crippen molar-refractivity contribution in [1.82, 2.24) is 0 Å². The molecule has 14 heavy (non-hydrogen) atoms. The van der Waals surface area contributed by atoms with E-state index < -0.39 is 29.7 Å². The molecule has 0 radical (unpaired) electrons. The molecule has 1 aromatic rings. The molecule has 6 heteroatoms. The normalized spacial score (nSPS) is 10.4. The van der Waals surface area contributed by atoms with Crippen LogP contribution in [0.1, 0.15) is 0 Å². The lowest BCUT2D eigenvalue weighted by molar-refractivity contribution is -0.126. The van der Waals surface area contributed by atoms with E-state index in [0.29, 0.717) is 6.07 Å². The maximum atomic E-state index is 12.8. The minimum absolute atomic E-state index is 0.475. The first kappa shape index (κ1) is 10.5. The summed E-state index contributed by atoms with van der Waals surface area (Å²) < 4.78 is 48.6. The number of anilines is 1. The average Bonchev–Trinajstić information content (AvgIpc) is 2.09. The van der Waals surface area contributed by atoms with Crippen LogP contribution in [0.5, 0.6) is 0 Å². The third kappa shape index (κ3) is 2.45. The zero-order chi connectivity index (χ0) is 10.7. The Bertz CT molecular complexity index is 353. The Kier molecular flexibility index (Phi) is 3.06. The van der Waals surface area contributed by atoms with Gasteiger partial charge in [-0.05, 0) is 12.1 Å². The lowest BCUT2D eigenvalue weighted by Crippen LogP contribution is -2.20. The monoisotopic (exact) mass is 207 g/mol. The van der Waals surface area contributed by atoms with E-state index in [4.69, 9.17) is 0 Å². The van der Waals surface area contributed by atoms with Crippen LogP contribution in [0.25, 0.3) is 0 Å². The van der Waals surface area contributed by atoms with Crippen LogP contribution in [0.15, 0.2) is 18.2 Å². The van der Waals surface area contributed by atoms with Crippen LogP contribution in [0, 0.1) is 11.6 Å². The lowest BCUT2D eigenvalue weighted by atomic mass is 10.3. The van der Waals surface area contributed by atoms with Gasteiger partial charge in [-0.15, -0.1) is 0 Å². The van der Waals surface area contributed by atoms with E-state index >= 15 is 0 Å². The Morgan fingerprint density at radius 3 is 2.43 bits per heavy atom. The van der Waals surface area contributed by atoms with Gasteiger partial charge in [0, 0.05) is 6.07 Å². The molecule has 0 saturated carbocycles. The Morgan fingerprint density at radius 1 is 1.29 bits per heavy atom. The molecule has 2 nitrogen and oxygen atoms in total. The van der Waals surface area contributed by atoms with Gasteiger partial charge in [-0.2, -0.15) is 8.78 Å². The predicted molar refractivity (Wildman–Crippen MR) is 41.0 cm³/mol. The van der Waals surface area contributed by atoms with Gasteiger partial charge < -0.3 is 5.32 Å². The summed E-state index contributed by atoms with van der Waals surface area (Å²) in [5, 5.41) is 1.61. The van der Waals surface area contributed by atoms with E-state index in [-0.39, 0.29) is 0 Å². The fraction of sp³-hybridized carbons (Fsp3) is 0.125. The number of amides is 1. The van der Waals surface area contributed by atoms with Crippen LogP contribution in [0.3, 0.4) is 0 Å². The number of carbonyl (C=O) groups is 1. The summed E-state index contributed by atoms with van der Waals surface area (Å²) in [4.78, 5) is 10.4. The van der Waals surface area contributed by atoms with Crippen molar-refractivity contribution in [3.63, 3.8) is 0 Å². The highest BCUT2D eigenvalue weighted by Gasteiger charge is 2.16. The Morgan fingerprint density at radius 2 is 1.93 bits per heavy atom. The highest BCUT2D eigenvalue weighted by atomic mass is 19.3. The fourth-order valence-corrected chi connectivity index (χ4v) is 0.778. The molecule has 76 valence electrons. The van der Waals surface area contributed by atoms with Gasteiger partial charge in [0.05, 0.1) is 5.69 Å². The molecule has 0 spiro atoms. The Labute approximate surface area is 76.5 Å². The van der Waals surface area contributed by atoms with Crippen molar-refractivity contribution in [3.8, 4) is 0 Å². The van der Waals surface area contributed by atoms with Crippen LogP contribution in [-0.4, -0.2) is 12.3 Å². The first-order chi connectivity index (χ1) is 6.50. The molecule has 0 heterocycles. The molecular weight excluding hydrogens is 202 g/mol. The number of alkyl halides is 2. The van der Waals surface area contributed by atoms with Gasteiger partial charge in [0.2, 0.25) is 0 Å². The van der Waals surface area contributed by atoms with Crippen LogP contribution < -0.4 is 5.32 Å². The van der Waals surface area contributed by atoms with Crippen LogP contribution in [-0.2, 0) is 4.79 Å². The smallest absolute Gasteiger partial charge is 0.315 e. The highest BCUT2D eigenvalue weighted by Crippen LogP contribution is 2.15. The molecule has 0 aliphatic carbocycles. The Hall–Kier alpha value is -1.59. The first-order valence-electron chi connectivity index (χ1n) is 3.55. The average molecular weight is 207 g/mol. The van der Waals surface area contributed by atoms with Gasteiger partial charge in [0.15, 0.2) is 0 Å². The molecule has 0 atom stereocenters. The maximum absolute atomic E-state index is 12.8. The largest absolute Gasteiger partial charge is 0.319 e. The molecule has 1 N–H and O–H groups in total. The molecule has 0 aliphatic heterocycles. The SMILES string of the molecule is O=C(Nc1ccc(F)cc1F)C(F)F. The number of benzene rings is 1. The van der Waals surface area contributed by atoms with Crippen molar-refractivity contribution in [2.24, 2.45) is 0 Å². The maximum Gasteiger partial charge on any atom is 0.315 e. The van der Waals surface area contributed by atoms with E-state index in [9.17, 15) is 22.4 Å². The van der Waals surface area contributed by atoms with E-state index in [1.807, 2.05) is 0 Å². The minimum Gasteiger partial charge on any atom is -0.319 e. The van der Waals surface area contributed by atoms with Crippen molar-refractivity contribution in [2.75, 3.05) is 5.32 Å². The standard InChI is InChI=1S/C8H5F4NO/c9-4-1-2-6(5(10)3-4)13-8(14)7(11)12/h1-3,7H,(H,13,14). The van der Waals surface area contributed by atoms with Gasteiger partial charge in [-0.3, -0.25) is 4.79 Å². The van der Waals surface area contributed by atoms with Gasteiger partial charge in [-0.25, -0.2) is 8.78 Å². The number of carbonyl (C=O) groups excluding carboxylic acids is 1. The lowest BCUT2D eigenvalue weighted by Gasteiger charge is -2.04. The third-order valence-corrected chi connectivity index (χ3v) is 1.39. The molecule has 1 aromatic carbocycles. The molecule has 1 rings (SSSR count). The molecule has 0 fully saturated rings. The number of hydrogen-bond acceptors (Lipinski definition) is 1. The van der Waals surface area contributed by atoms with E-state index in [1.165, 1.54) is 0 Å². The van der Waals surface area contributed by atoms with Crippen LogP contribution >= 0.6 is 0 Å². The number of nitrogens with one attached hydrogen (secondary N) is 1. The molecule has 0 unspecified atom stereocenters. The van der Waals surface area contributed by atoms with Crippen molar-refractivity contribution < 1.29 is 22.4 Å². The topological polar surface area (TPSA) is 29.1 Å². The molecule has 0 bridgehead atoms. The summed E-state index contributed by atoms with van der Waals surface area (Å²) in [5.74, 6) is -3.58. The fourth-order valence-electron chi connectivity index (χ4n) is 0.778. The summed E-state index contributed by atoms with van der Waals surface area (Å²) in [6.07, 6.45) is -3.24. The second kappa shape index (κ2) is 4.08. The molecule has 0 aliphatic rings. The molecule has 0 aromatic heterocycles. The molecule has 1 amide bonds. The summed E-state index contributed by atoms with van der Waals surface area (Å²) in [7, 11) is 0. The van der Waals surface area contributed by atoms with Crippen LogP contribution in [0.4, 0.5) is 23.2 Å². The number of rotatable bonds is 2. The van der Waals surface area contributed by atoms with E-state index in [0.717, 1.165) is 12.1 Å². The first-order valence-corrected chi connectivity index (χ1v) is 3.55. The predicted octanol–water partition coefficient (Wildman–Crippen LogP) is 2.17. The van der Waals surface area contributed by atoms with Crippen molar-refractivity contribution in [1.29, 1.82) is 0 Å². The Balaban J connectivity index is 2.82. The van der Waals surface area contributed by atoms with Crippen LogP contribution in [0.2, 0.25) is 0 Å². The third-order valence-electron chi connectivity index (χ3n) is 1.39. The van der Waals surface area contributed by atoms with Gasteiger partial charge in [0.1, 0.15) is 11.6 Å². The molecule has 0 saturated heterocycles.